The van der Waals surface area contributed by atoms with Crippen LogP contribution in [0.5, 0.6) is 0 Å². The van der Waals surface area contributed by atoms with Gasteiger partial charge < -0.3 is 16.2 Å². The Labute approximate surface area is 184 Å². The van der Waals surface area contributed by atoms with Crippen LogP contribution in [-0.2, 0) is 5.60 Å². The number of hydrogen-bond acceptors (Lipinski definition) is 7. The fraction of sp³-hybridized carbons (Fsp3) is 0.450. The SMILES string of the molecule is CC(C)(O)c1ncc(SN)s1.CC(C)c1cc(C#N)c(F)c(C(C)C)c1NC(N)=O. The number of anilines is 1. The summed E-state index contributed by atoms with van der Waals surface area (Å²) < 4.78 is 15.2. The van der Waals surface area contributed by atoms with Crippen molar-refractivity contribution in [2.75, 3.05) is 5.32 Å². The summed E-state index contributed by atoms with van der Waals surface area (Å²) in [7, 11) is 0. The number of benzene rings is 1. The Balaban J connectivity index is 0.000000346. The third-order valence-electron chi connectivity index (χ3n) is 4.02. The monoisotopic (exact) mass is 453 g/mol. The Morgan fingerprint density at radius 2 is 1.97 bits per heavy atom. The van der Waals surface area contributed by atoms with E-state index in [4.69, 9.17) is 16.1 Å². The van der Waals surface area contributed by atoms with Gasteiger partial charge in [0.05, 0.1) is 21.7 Å². The first-order chi connectivity index (χ1) is 13.8. The fourth-order valence-electron chi connectivity index (χ4n) is 2.64. The molecule has 0 atom stereocenters. The Hall–Kier alpha value is -2.19. The summed E-state index contributed by atoms with van der Waals surface area (Å²) in [5.74, 6) is -0.731. The quantitative estimate of drug-likeness (QED) is 0.481. The lowest BCUT2D eigenvalue weighted by molar-refractivity contribution is 0.0783. The lowest BCUT2D eigenvalue weighted by Crippen LogP contribution is -2.22. The highest BCUT2D eigenvalue weighted by Gasteiger charge is 2.23. The van der Waals surface area contributed by atoms with E-state index in [1.807, 2.05) is 19.9 Å². The van der Waals surface area contributed by atoms with Crippen LogP contribution < -0.4 is 16.2 Å². The van der Waals surface area contributed by atoms with Crippen LogP contribution in [0.3, 0.4) is 0 Å². The Kier molecular flexibility index (Phi) is 9.24. The Morgan fingerprint density at radius 1 is 1.37 bits per heavy atom. The highest BCUT2D eigenvalue weighted by molar-refractivity contribution is 7.99. The lowest BCUT2D eigenvalue weighted by Gasteiger charge is -2.21. The number of nitriles is 1. The van der Waals surface area contributed by atoms with E-state index < -0.39 is 17.4 Å². The standard InChI is InChI=1S/C14H18FN3O.C6H10N2OS2/c1-7(2)10-5-9(6-16)12(15)11(8(3)4)13(10)18-14(17)19;1-6(2,9)5-8-3-4(10-5)11-7/h5,7-8H,1-4H3,(H3,17,18,19);3,9H,7H2,1-2H3. The van der Waals surface area contributed by atoms with Crippen LogP contribution in [-0.4, -0.2) is 16.1 Å². The number of nitrogens with two attached hydrogens (primary N) is 2. The van der Waals surface area contributed by atoms with Crippen LogP contribution in [0.25, 0.3) is 0 Å². The number of aromatic nitrogens is 1. The molecule has 0 aliphatic heterocycles. The zero-order valence-electron chi connectivity index (χ0n) is 17.9. The van der Waals surface area contributed by atoms with Gasteiger partial charge in [-0.2, -0.15) is 5.26 Å². The van der Waals surface area contributed by atoms with Gasteiger partial charge in [-0.1, -0.05) is 27.7 Å². The van der Waals surface area contributed by atoms with Crippen molar-refractivity contribution in [3.05, 3.63) is 39.8 Å². The molecule has 0 aliphatic rings. The van der Waals surface area contributed by atoms with E-state index in [1.165, 1.54) is 17.4 Å². The van der Waals surface area contributed by atoms with Gasteiger partial charge in [0.25, 0.3) is 0 Å². The number of aliphatic hydroxyl groups is 1. The van der Waals surface area contributed by atoms with Crippen LogP contribution >= 0.6 is 23.3 Å². The fourth-order valence-corrected chi connectivity index (χ4v) is 3.83. The van der Waals surface area contributed by atoms with Gasteiger partial charge in [-0.05, 0) is 49.3 Å². The summed E-state index contributed by atoms with van der Waals surface area (Å²) >= 11 is 2.57. The second-order valence-electron chi connectivity index (χ2n) is 7.69. The third-order valence-corrected chi connectivity index (χ3v) is 6.00. The Morgan fingerprint density at radius 3 is 2.30 bits per heavy atom. The number of carbonyl (C=O) groups excluding carboxylic acids is 1. The molecule has 164 valence electrons. The van der Waals surface area contributed by atoms with Crippen molar-refractivity contribution < 1.29 is 14.3 Å². The van der Waals surface area contributed by atoms with Gasteiger partial charge in [-0.3, -0.25) is 5.14 Å². The molecule has 0 saturated carbocycles. The average molecular weight is 454 g/mol. The van der Waals surface area contributed by atoms with E-state index in [-0.39, 0.29) is 17.4 Å². The molecule has 0 unspecified atom stereocenters. The molecule has 2 rings (SSSR count). The van der Waals surface area contributed by atoms with Crippen molar-refractivity contribution >= 4 is 35.0 Å². The van der Waals surface area contributed by atoms with Gasteiger partial charge in [0.1, 0.15) is 22.5 Å². The minimum Gasteiger partial charge on any atom is -0.383 e. The maximum Gasteiger partial charge on any atom is 0.316 e. The molecule has 0 spiro atoms. The summed E-state index contributed by atoms with van der Waals surface area (Å²) in [5.41, 5.74) is 5.70. The number of hydrogen-bond donors (Lipinski definition) is 4. The number of nitrogens with one attached hydrogen (secondary N) is 1. The number of thiazole rings is 1. The molecular formula is C20H28FN5O2S2. The van der Waals surface area contributed by atoms with Crippen LogP contribution in [0.15, 0.2) is 16.5 Å². The van der Waals surface area contributed by atoms with E-state index in [0.717, 1.165) is 16.2 Å². The van der Waals surface area contributed by atoms with Crippen LogP contribution in [0, 0.1) is 17.1 Å². The van der Waals surface area contributed by atoms with E-state index in [1.54, 1.807) is 33.9 Å². The van der Waals surface area contributed by atoms with Crippen LogP contribution in [0.2, 0.25) is 0 Å². The first-order valence-corrected chi connectivity index (χ1v) is 10.9. The van der Waals surface area contributed by atoms with Crippen LogP contribution in [0.4, 0.5) is 14.9 Å². The molecule has 1 aromatic carbocycles. The van der Waals surface area contributed by atoms with Gasteiger partial charge in [-0.15, -0.1) is 11.3 Å². The third kappa shape index (κ3) is 6.67. The van der Waals surface area contributed by atoms with E-state index in [0.29, 0.717) is 21.8 Å². The number of amides is 2. The van der Waals surface area contributed by atoms with Gasteiger partial charge in [0.15, 0.2) is 0 Å². The molecule has 1 heterocycles. The lowest BCUT2D eigenvalue weighted by atomic mass is 9.90. The van der Waals surface area contributed by atoms with Crippen molar-refractivity contribution in [2.24, 2.45) is 10.9 Å². The average Bonchev–Trinajstić information content (AvgIpc) is 3.11. The number of carbonyl (C=O) groups is 1. The maximum atomic E-state index is 14.3. The molecule has 0 saturated heterocycles. The number of nitrogens with zero attached hydrogens (tertiary/aromatic N) is 2. The molecule has 0 radical (unpaired) electrons. The Bertz CT molecular complexity index is 930. The van der Waals surface area contributed by atoms with Gasteiger partial charge in [-0.25, -0.2) is 14.2 Å². The summed E-state index contributed by atoms with van der Waals surface area (Å²) in [4.78, 5) is 15.1. The molecular weight excluding hydrogens is 425 g/mol. The molecule has 0 fully saturated rings. The molecule has 6 N–H and O–H groups in total. The number of primary amides is 1. The van der Waals surface area contributed by atoms with Crippen LogP contribution in [0.1, 0.15) is 75.1 Å². The first-order valence-electron chi connectivity index (χ1n) is 9.21. The molecule has 10 heteroatoms. The highest BCUT2D eigenvalue weighted by Crippen LogP contribution is 2.36. The largest absolute Gasteiger partial charge is 0.383 e. The molecule has 0 bridgehead atoms. The summed E-state index contributed by atoms with van der Waals surface area (Å²) in [5, 5.41) is 27.0. The number of halogens is 1. The van der Waals surface area contributed by atoms with Crippen molar-refractivity contribution in [3.8, 4) is 6.07 Å². The first kappa shape index (κ1) is 25.8. The smallest absolute Gasteiger partial charge is 0.316 e. The molecule has 30 heavy (non-hydrogen) atoms. The molecule has 2 amide bonds. The normalized spacial score (nSPS) is 11.1. The van der Waals surface area contributed by atoms with E-state index in [2.05, 4.69) is 10.3 Å². The molecule has 7 nitrogen and oxygen atoms in total. The van der Waals surface area contributed by atoms with Crippen molar-refractivity contribution in [3.63, 3.8) is 0 Å². The summed E-state index contributed by atoms with van der Waals surface area (Å²) in [6, 6.07) is 2.57. The molecule has 0 aliphatic carbocycles. The number of rotatable bonds is 5. The molecule has 1 aromatic heterocycles. The summed E-state index contributed by atoms with van der Waals surface area (Å²) in [6.45, 7) is 10.8. The second kappa shape index (κ2) is 10.7. The zero-order chi connectivity index (χ0) is 23.2. The van der Waals surface area contributed by atoms with E-state index in [9.17, 15) is 14.3 Å². The predicted octanol–water partition coefficient (Wildman–Crippen LogP) is 4.77. The topological polar surface area (TPSA) is 138 Å². The van der Waals surface area contributed by atoms with Gasteiger partial charge in [0, 0.05) is 5.56 Å². The maximum absolute atomic E-state index is 14.3. The van der Waals surface area contributed by atoms with Crippen molar-refractivity contribution in [1.29, 1.82) is 5.26 Å². The molecule has 2 aromatic rings. The second-order valence-corrected chi connectivity index (χ2v) is 9.65. The van der Waals surface area contributed by atoms with Gasteiger partial charge in [0.2, 0.25) is 0 Å². The van der Waals surface area contributed by atoms with Crippen molar-refractivity contribution in [1.82, 2.24) is 4.98 Å². The predicted molar refractivity (Wildman–Crippen MR) is 120 cm³/mol. The summed E-state index contributed by atoms with van der Waals surface area (Å²) in [6.07, 6.45) is 1.67. The van der Waals surface area contributed by atoms with E-state index >= 15 is 0 Å². The van der Waals surface area contributed by atoms with Crippen molar-refractivity contribution in [2.45, 2.75) is 63.2 Å². The minimum atomic E-state index is -0.849. The highest BCUT2D eigenvalue weighted by atomic mass is 32.2. The zero-order valence-corrected chi connectivity index (χ0v) is 19.5. The van der Waals surface area contributed by atoms with Gasteiger partial charge >= 0.3 is 6.03 Å². The number of urea groups is 1. The minimum absolute atomic E-state index is 0.0116.